The zero-order valence-electron chi connectivity index (χ0n) is 26.2. The van der Waals surface area contributed by atoms with Gasteiger partial charge in [0.25, 0.3) is 11.8 Å². The predicted molar refractivity (Wildman–Crippen MR) is 170 cm³/mol. The van der Waals surface area contributed by atoms with Crippen LogP contribution < -0.4 is 0 Å². The van der Waals surface area contributed by atoms with Gasteiger partial charge in [-0.1, -0.05) is 13.8 Å². The van der Waals surface area contributed by atoms with Crippen LogP contribution in [0.15, 0.2) is 18.2 Å². The number of nitrogens with one attached hydrogen (secondary N) is 2. The monoisotopic (exact) mass is 597 g/mol. The predicted octanol–water partition coefficient (Wildman–Crippen LogP) is 5.21. The second kappa shape index (κ2) is 11.8. The quantitative estimate of drug-likeness (QED) is 0.281. The van der Waals surface area contributed by atoms with Gasteiger partial charge < -0.3 is 24.5 Å². The summed E-state index contributed by atoms with van der Waals surface area (Å²) in [4.78, 5) is 46.2. The third-order valence-corrected chi connectivity index (χ3v) is 9.12. The molecule has 6 heterocycles. The van der Waals surface area contributed by atoms with E-state index in [0.717, 1.165) is 68.3 Å². The minimum absolute atomic E-state index is 0.0734. The van der Waals surface area contributed by atoms with Crippen LogP contribution >= 0.6 is 0 Å². The number of fused-ring (bicyclic) bond motifs is 8. The Morgan fingerprint density at radius 3 is 2.30 bits per heavy atom. The fourth-order valence-electron chi connectivity index (χ4n) is 6.51. The summed E-state index contributed by atoms with van der Waals surface area (Å²) >= 11 is 0. The van der Waals surface area contributed by atoms with Crippen LogP contribution in [0.5, 0.6) is 0 Å². The molecular weight excluding hydrogens is 558 g/mol. The number of aromatic amines is 2. The first kappa shape index (κ1) is 29.9. The van der Waals surface area contributed by atoms with Gasteiger partial charge in [0.15, 0.2) is 0 Å². The molecule has 4 aliphatic rings. The fourth-order valence-corrected chi connectivity index (χ4v) is 6.51. The third-order valence-electron chi connectivity index (χ3n) is 9.12. The van der Waals surface area contributed by atoms with E-state index in [2.05, 4.69) is 30.7 Å². The smallest absolute Gasteiger partial charge is 0.264 e. The van der Waals surface area contributed by atoms with E-state index in [1.165, 1.54) is 4.90 Å². The molecule has 4 aliphatic heterocycles. The molecule has 10 heteroatoms. The Labute approximate surface area is 256 Å². The van der Waals surface area contributed by atoms with Gasteiger partial charge >= 0.3 is 0 Å². The summed E-state index contributed by atoms with van der Waals surface area (Å²) in [6.45, 7) is 11.1. The molecule has 0 fully saturated rings. The van der Waals surface area contributed by atoms with Gasteiger partial charge in [0, 0.05) is 35.5 Å². The van der Waals surface area contributed by atoms with Gasteiger partial charge in [-0.25, -0.2) is 9.97 Å². The lowest BCUT2D eigenvalue weighted by Gasteiger charge is -2.25. The molecule has 6 rings (SSSR count). The number of aryl methyl sites for hydroxylation is 1. The van der Waals surface area contributed by atoms with Crippen LogP contribution in [0, 0.1) is 6.92 Å². The van der Waals surface area contributed by atoms with Crippen molar-refractivity contribution in [2.24, 2.45) is 0 Å². The highest BCUT2D eigenvalue weighted by molar-refractivity contribution is 6.23. The lowest BCUT2D eigenvalue weighted by Crippen LogP contribution is -2.42. The highest BCUT2D eigenvalue weighted by Crippen LogP contribution is 2.38. The highest BCUT2D eigenvalue weighted by Gasteiger charge is 2.37. The number of hydrogen-bond donors (Lipinski definition) is 3. The Bertz CT molecular complexity index is 1830. The first-order valence-corrected chi connectivity index (χ1v) is 15.2. The number of aromatic nitrogens is 4. The van der Waals surface area contributed by atoms with E-state index in [-0.39, 0.29) is 37.5 Å². The van der Waals surface area contributed by atoms with Crippen molar-refractivity contribution in [3.05, 3.63) is 69.1 Å². The largest absolute Gasteiger partial charge is 0.392 e. The molecular formula is C34H39N5O5. The van der Waals surface area contributed by atoms with Crippen molar-refractivity contribution in [3.63, 3.8) is 0 Å². The minimum atomic E-state index is -0.358. The average Bonchev–Trinajstić information content (AvgIpc) is 3.69. The number of carbonyl (C=O) groups excluding carboxylic acids is 2. The average molecular weight is 598 g/mol. The number of aliphatic hydroxyl groups is 1. The number of allylic oxidation sites excluding steroid dienone is 3. The van der Waals surface area contributed by atoms with Crippen molar-refractivity contribution in [2.45, 2.75) is 53.4 Å². The number of methoxy groups -OCH3 is 1. The van der Waals surface area contributed by atoms with E-state index < -0.39 is 0 Å². The molecule has 1 atom stereocenters. The number of amides is 2. The summed E-state index contributed by atoms with van der Waals surface area (Å²) < 4.78 is 10.7. The molecule has 2 amide bonds. The highest BCUT2D eigenvalue weighted by atomic mass is 16.5. The van der Waals surface area contributed by atoms with Crippen molar-refractivity contribution >= 4 is 45.1 Å². The molecule has 0 radical (unpaired) electrons. The Kier molecular flexibility index (Phi) is 8.00. The summed E-state index contributed by atoms with van der Waals surface area (Å²) in [7, 11) is 1.60. The van der Waals surface area contributed by atoms with Crippen LogP contribution in [0.2, 0.25) is 0 Å². The van der Waals surface area contributed by atoms with Crippen LogP contribution in [0.25, 0.3) is 33.3 Å². The molecule has 0 saturated carbocycles. The molecule has 44 heavy (non-hydrogen) atoms. The normalized spacial score (nSPS) is 17.2. The number of nitrogens with zero attached hydrogens (tertiary/aromatic N) is 3. The fraction of sp³-hybridized carbons (Fsp3) is 0.412. The molecule has 10 nitrogen and oxygen atoms in total. The summed E-state index contributed by atoms with van der Waals surface area (Å²) in [6, 6.07) is 5.93. The summed E-state index contributed by atoms with van der Waals surface area (Å²) in [6.07, 6.45) is 1.36. The second-order valence-electron chi connectivity index (χ2n) is 11.7. The second-order valence-corrected chi connectivity index (χ2v) is 11.7. The van der Waals surface area contributed by atoms with Crippen molar-refractivity contribution in [1.29, 1.82) is 0 Å². The SMILES string of the molecule is CCC1=C(C)c2cc3nc(cc4[nH]c(c5c6[nH]c(cc1n2)c(C)c6C(=O)N(CCOCCOC)C5=O)CC4C)C(C)=C3CO. The number of rotatable bonds is 8. The van der Waals surface area contributed by atoms with E-state index in [9.17, 15) is 14.7 Å². The van der Waals surface area contributed by atoms with E-state index >= 15 is 0 Å². The van der Waals surface area contributed by atoms with E-state index in [0.29, 0.717) is 42.0 Å². The lowest BCUT2D eigenvalue weighted by atomic mass is 9.97. The molecule has 0 saturated heterocycles. The van der Waals surface area contributed by atoms with Gasteiger partial charge in [0.1, 0.15) is 0 Å². The maximum atomic E-state index is 14.1. The van der Waals surface area contributed by atoms with Gasteiger partial charge in [-0.05, 0) is 74.1 Å². The van der Waals surface area contributed by atoms with Crippen LogP contribution in [0.4, 0.5) is 0 Å². The zero-order valence-corrected chi connectivity index (χ0v) is 26.2. The maximum Gasteiger partial charge on any atom is 0.264 e. The number of hydrogen-bond acceptors (Lipinski definition) is 7. The summed E-state index contributed by atoms with van der Waals surface area (Å²) in [5.74, 6) is -0.623. The number of ether oxygens (including phenoxy) is 2. The number of H-pyrrole nitrogens is 2. The van der Waals surface area contributed by atoms with Crippen LogP contribution in [-0.4, -0.2) is 81.8 Å². The van der Waals surface area contributed by atoms with Crippen molar-refractivity contribution in [2.75, 3.05) is 40.1 Å². The molecule has 230 valence electrons. The van der Waals surface area contributed by atoms with E-state index in [1.807, 2.05) is 32.0 Å². The van der Waals surface area contributed by atoms with Crippen LogP contribution in [0.1, 0.15) is 100 Å². The van der Waals surface area contributed by atoms with E-state index in [1.54, 1.807) is 7.11 Å². The molecule has 2 aromatic rings. The maximum absolute atomic E-state index is 14.1. The molecule has 1 unspecified atom stereocenters. The van der Waals surface area contributed by atoms with Crippen LogP contribution in [0.3, 0.4) is 0 Å². The van der Waals surface area contributed by atoms with Crippen LogP contribution in [-0.2, 0) is 15.9 Å². The number of aliphatic hydroxyl groups excluding tert-OH is 1. The minimum Gasteiger partial charge on any atom is -0.392 e. The zero-order chi connectivity index (χ0) is 31.3. The van der Waals surface area contributed by atoms with Gasteiger partial charge in [-0.2, -0.15) is 0 Å². The lowest BCUT2D eigenvalue weighted by molar-refractivity contribution is 0.0429. The van der Waals surface area contributed by atoms with Gasteiger partial charge in [-0.15, -0.1) is 0 Å². The molecule has 0 aromatic carbocycles. The van der Waals surface area contributed by atoms with Gasteiger partial charge in [-0.3, -0.25) is 14.5 Å². The Morgan fingerprint density at radius 2 is 1.59 bits per heavy atom. The van der Waals surface area contributed by atoms with Crippen molar-refractivity contribution in [3.8, 4) is 0 Å². The Hall–Kier alpha value is -4.12. The molecule has 0 spiro atoms. The van der Waals surface area contributed by atoms with E-state index in [4.69, 9.17) is 19.4 Å². The molecule has 3 N–H and O–H groups in total. The third kappa shape index (κ3) is 4.87. The first-order valence-electron chi connectivity index (χ1n) is 15.2. The summed E-state index contributed by atoms with van der Waals surface area (Å²) in [5.41, 5.74) is 11.5. The first-order chi connectivity index (χ1) is 21.2. The topological polar surface area (TPSA) is 133 Å². The number of carbonyl (C=O) groups is 2. The standard InChI is InChI=1S/C34H39N5O5/c1-7-21-18(3)25-14-28-22(16-40)19(4)24(37-28)13-23-17(2)12-29(35-23)31-32-30(20(5)26(38-32)15-27(21)36-25)33(41)39(34(31)42)8-9-44-11-10-43-6/h13-15,17,35,38,40H,7-12,16H2,1-6H3. The molecule has 2 aromatic heterocycles. The van der Waals surface area contributed by atoms with Gasteiger partial charge in [0.05, 0.1) is 72.4 Å². The van der Waals surface area contributed by atoms with Crippen molar-refractivity contribution in [1.82, 2.24) is 24.8 Å². The molecule has 0 aliphatic carbocycles. The Balaban J connectivity index is 1.66. The van der Waals surface area contributed by atoms with Gasteiger partial charge in [0.2, 0.25) is 0 Å². The number of imide groups is 1. The molecule has 8 bridgehead atoms. The Morgan fingerprint density at radius 1 is 0.909 bits per heavy atom. The van der Waals surface area contributed by atoms with Crippen molar-refractivity contribution < 1.29 is 24.2 Å². The summed E-state index contributed by atoms with van der Waals surface area (Å²) in [5, 5.41) is 10.3.